The number of aromatic amines is 1. The van der Waals surface area contributed by atoms with E-state index in [1.165, 1.54) is 11.3 Å². The van der Waals surface area contributed by atoms with Crippen LogP contribution in [0.1, 0.15) is 28.8 Å². The minimum Gasteiger partial charge on any atom is -0.399 e. The summed E-state index contributed by atoms with van der Waals surface area (Å²) in [7, 11) is 1.75. The predicted molar refractivity (Wildman–Crippen MR) is 158 cm³/mol. The van der Waals surface area contributed by atoms with Gasteiger partial charge in [0.1, 0.15) is 0 Å². The van der Waals surface area contributed by atoms with Crippen LogP contribution in [0.4, 0.5) is 10.5 Å². The minimum atomic E-state index is -0.498. The van der Waals surface area contributed by atoms with E-state index >= 15 is 0 Å². The van der Waals surface area contributed by atoms with Crippen molar-refractivity contribution in [1.82, 2.24) is 20.0 Å². The highest BCUT2D eigenvalue weighted by Crippen LogP contribution is 2.27. The Bertz CT molecular complexity index is 1420. The molecule has 0 unspecified atom stereocenters. The summed E-state index contributed by atoms with van der Waals surface area (Å²) < 4.78 is 10.8. The average Bonchev–Trinajstić information content (AvgIpc) is 3.55. The molecule has 2 aromatic heterocycles. The molecule has 0 aliphatic carbocycles. The van der Waals surface area contributed by atoms with Crippen LogP contribution in [-0.4, -0.2) is 72.5 Å². The number of aromatic nitrogens is 2. The Balaban J connectivity index is 1.31. The fraction of sp³-hybridized carbons (Fsp3) is 0.333. The van der Waals surface area contributed by atoms with Gasteiger partial charge in [-0.05, 0) is 54.1 Å². The summed E-state index contributed by atoms with van der Waals surface area (Å²) in [6.45, 7) is 8.79. The number of ether oxygens (including phenoxy) is 2. The Kier molecular flexibility index (Phi) is 9.05. The molecule has 0 saturated carbocycles. The van der Waals surface area contributed by atoms with Crippen molar-refractivity contribution in [3.05, 3.63) is 76.3 Å². The second-order valence-corrected chi connectivity index (χ2v) is 10.7. The van der Waals surface area contributed by atoms with Gasteiger partial charge in [0.05, 0.1) is 16.9 Å². The Morgan fingerprint density at radius 3 is 2.72 bits per heavy atom. The van der Waals surface area contributed by atoms with Gasteiger partial charge in [-0.3, -0.25) is 15.3 Å². The van der Waals surface area contributed by atoms with Crippen LogP contribution < -0.4 is 10.1 Å². The van der Waals surface area contributed by atoms with Gasteiger partial charge in [-0.2, -0.15) is 5.10 Å². The molecule has 1 saturated heterocycles. The maximum atomic E-state index is 12.8. The first-order valence-corrected chi connectivity index (χ1v) is 14.2. The Hall–Kier alpha value is -3.50. The second kappa shape index (κ2) is 13.0. The van der Waals surface area contributed by atoms with Crippen LogP contribution in [-0.2, 0) is 11.3 Å². The lowest BCUT2D eigenvalue weighted by Crippen LogP contribution is -2.46. The van der Waals surface area contributed by atoms with E-state index in [-0.39, 0.29) is 0 Å². The molecule has 0 atom stereocenters. The second-order valence-electron chi connectivity index (χ2n) is 9.78. The third-order valence-corrected chi connectivity index (χ3v) is 7.86. The Morgan fingerprint density at radius 2 is 1.92 bits per heavy atom. The van der Waals surface area contributed by atoms with Crippen LogP contribution >= 0.6 is 11.3 Å². The lowest BCUT2D eigenvalue weighted by atomic mass is 10.1. The molecule has 1 aliphatic heterocycles. The highest BCUT2D eigenvalue weighted by Gasteiger charge is 2.18. The molecule has 0 bridgehead atoms. The van der Waals surface area contributed by atoms with Gasteiger partial charge in [0, 0.05) is 63.9 Å². The number of piperazine rings is 1. The molecular formula is C30H35N5O3S. The van der Waals surface area contributed by atoms with Crippen molar-refractivity contribution < 1.29 is 14.3 Å². The largest absolute Gasteiger partial charge is 0.417 e. The van der Waals surface area contributed by atoms with E-state index in [0.29, 0.717) is 10.8 Å². The van der Waals surface area contributed by atoms with Gasteiger partial charge in [-0.15, -0.1) is 11.3 Å². The third-order valence-electron chi connectivity index (χ3n) is 6.97. The maximum Gasteiger partial charge on any atom is 0.417 e. The van der Waals surface area contributed by atoms with Crippen molar-refractivity contribution in [3.63, 3.8) is 0 Å². The van der Waals surface area contributed by atoms with Gasteiger partial charge >= 0.3 is 6.09 Å². The number of amides is 1. The number of thiophene rings is 1. The molecular weight excluding hydrogens is 510 g/mol. The molecule has 8 nitrogen and oxygen atoms in total. The molecule has 1 amide bonds. The number of H-pyrrole nitrogens is 1. The van der Waals surface area contributed by atoms with Crippen LogP contribution in [0.2, 0.25) is 0 Å². The number of anilines is 1. The number of benzene rings is 2. The number of nitrogens with one attached hydrogen (secondary N) is 2. The highest BCUT2D eigenvalue weighted by molar-refractivity contribution is 7.12. The molecule has 9 heteroatoms. The zero-order chi connectivity index (χ0) is 27.0. The Labute approximate surface area is 233 Å². The van der Waals surface area contributed by atoms with Crippen LogP contribution in [0.15, 0.2) is 53.9 Å². The zero-order valence-corrected chi connectivity index (χ0v) is 23.3. The summed E-state index contributed by atoms with van der Waals surface area (Å²) >= 11 is 1.41. The molecule has 4 aromatic rings. The first kappa shape index (κ1) is 27.1. The molecule has 1 aliphatic rings. The van der Waals surface area contributed by atoms with Gasteiger partial charge in [-0.1, -0.05) is 36.4 Å². The summed E-state index contributed by atoms with van der Waals surface area (Å²) in [5, 5.41) is 14.1. The average molecular weight is 546 g/mol. The van der Waals surface area contributed by atoms with Crippen LogP contribution in [0.25, 0.3) is 23.1 Å². The lowest BCUT2D eigenvalue weighted by molar-refractivity contribution is 0.113. The molecule has 0 spiro atoms. The van der Waals surface area contributed by atoms with Gasteiger partial charge in [0.25, 0.3) is 0 Å². The summed E-state index contributed by atoms with van der Waals surface area (Å²) in [6, 6.07) is 16.2. The molecule has 39 heavy (non-hydrogen) atoms. The van der Waals surface area contributed by atoms with Crippen LogP contribution in [0, 0.1) is 6.92 Å². The van der Waals surface area contributed by atoms with Crippen LogP contribution in [0.3, 0.4) is 0 Å². The number of carbonyl (C=O) groups excluding carboxylic acids is 1. The minimum absolute atomic E-state index is 0.498. The fourth-order valence-corrected chi connectivity index (χ4v) is 5.55. The molecule has 1 fully saturated rings. The van der Waals surface area contributed by atoms with Gasteiger partial charge in [0.15, 0.2) is 5.06 Å². The van der Waals surface area contributed by atoms with E-state index in [4.69, 9.17) is 9.47 Å². The smallest absolute Gasteiger partial charge is 0.399 e. The first-order valence-electron chi connectivity index (χ1n) is 13.3. The summed E-state index contributed by atoms with van der Waals surface area (Å²) in [6.07, 6.45) is 4.52. The van der Waals surface area contributed by atoms with E-state index in [0.717, 1.165) is 85.6 Å². The van der Waals surface area contributed by atoms with E-state index in [1.807, 2.05) is 60.9 Å². The molecule has 2 N–H and O–H groups in total. The van der Waals surface area contributed by atoms with E-state index in [1.54, 1.807) is 7.11 Å². The SMILES string of the molecule is COCCCN1CCN(Cc2ccc(/C=C/c3n[nH]c4ccccc34)c(NC(=O)Oc3sccc3C)c2)CC1. The molecule has 3 heterocycles. The summed E-state index contributed by atoms with van der Waals surface area (Å²) in [4.78, 5) is 17.8. The number of nitrogens with zero attached hydrogens (tertiary/aromatic N) is 3. The van der Waals surface area contributed by atoms with Crippen molar-refractivity contribution in [2.24, 2.45) is 0 Å². The molecule has 204 valence electrons. The Morgan fingerprint density at radius 1 is 1.10 bits per heavy atom. The molecule has 5 rings (SSSR count). The number of fused-ring (bicyclic) bond motifs is 1. The lowest BCUT2D eigenvalue weighted by Gasteiger charge is -2.34. The quantitative estimate of drug-likeness (QED) is 0.243. The van der Waals surface area contributed by atoms with Crippen molar-refractivity contribution >= 4 is 46.2 Å². The zero-order valence-electron chi connectivity index (χ0n) is 22.5. The van der Waals surface area contributed by atoms with Gasteiger partial charge < -0.3 is 14.4 Å². The summed E-state index contributed by atoms with van der Waals surface area (Å²) in [5.41, 5.74) is 5.51. The standard InChI is InChI=1S/C30H35N5O3S/c1-22-12-19-39-29(22)38-30(36)31-28-20-23(21-35-16-14-34(15-17-35)13-5-18-37-2)8-9-24(28)10-11-27-25-6-3-4-7-26(25)32-33-27/h3-4,6-12,19-20H,5,13-18,21H2,1-2H3,(H,31,36)(H,32,33)/b11-10+. The maximum absolute atomic E-state index is 12.8. The molecule has 0 radical (unpaired) electrons. The van der Waals surface area contributed by atoms with Gasteiger partial charge in [-0.25, -0.2) is 4.79 Å². The third kappa shape index (κ3) is 7.13. The van der Waals surface area contributed by atoms with Gasteiger partial charge in [0.2, 0.25) is 0 Å². The number of hydrogen-bond acceptors (Lipinski definition) is 7. The first-order chi connectivity index (χ1) is 19.1. The van der Waals surface area contributed by atoms with Crippen molar-refractivity contribution in [3.8, 4) is 5.06 Å². The topological polar surface area (TPSA) is 82.7 Å². The number of methoxy groups -OCH3 is 1. The monoisotopic (exact) mass is 545 g/mol. The normalized spacial score (nSPS) is 14.8. The molecule has 2 aromatic carbocycles. The van der Waals surface area contributed by atoms with E-state index < -0.39 is 6.09 Å². The van der Waals surface area contributed by atoms with E-state index in [2.05, 4.69) is 37.4 Å². The number of rotatable bonds is 10. The predicted octanol–water partition coefficient (Wildman–Crippen LogP) is 5.87. The van der Waals surface area contributed by atoms with Crippen molar-refractivity contribution in [2.75, 3.05) is 51.8 Å². The van der Waals surface area contributed by atoms with Crippen LogP contribution in [0.5, 0.6) is 5.06 Å². The summed E-state index contributed by atoms with van der Waals surface area (Å²) in [5.74, 6) is 0. The highest BCUT2D eigenvalue weighted by atomic mass is 32.1. The number of aryl methyl sites for hydroxylation is 1. The number of hydrogen-bond donors (Lipinski definition) is 2. The van der Waals surface area contributed by atoms with E-state index in [9.17, 15) is 4.79 Å². The fourth-order valence-electron chi connectivity index (χ4n) is 4.78. The van der Waals surface area contributed by atoms with Crippen molar-refractivity contribution in [2.45, 2.75) is 19.9 Å². The number of para-hydroxylation sites is 1. The number of carbonyl (C=O) groups is 1. The van der Waals surface area contributed by atoms with Crippen molar-refractivity contribution in [1.29, 1.82) is 0 Å².